The van der Waals surface area contributed by atoms with E-state index in [-0.39, 0.29) is 23.1 Å². The molecular formula is C27H36N6O2. The van der Waals surface area contributed by atoms with Crippen molar-refractivity contribution in [1.82, 2.24) is 20.5 Å². The van der Waals surface area contributed by atoms with Crippen LogP contribution in [0.15, 0.2) is 36.2 Å². The number of nitrogens with zero attached hydrogens (tertiary/aromatic N) is 2. The Labute approximate surface area is 207 Å². The second-order valence-corrected chi connectivity index (χ2v) is 10.6. The number of hydrogen-bond donors (Lipinski definition) is 4. The van der Waals surface area contributed by atoms with Gasteiger partial charge in [-0.1, -0.05) is 26.8 Å². The Hall–Kier alpha value is -3.29. The lowest BCUT2D eigenvalue weighted by Gasteiger charge is -2.37. The van der Waals surface area contributed by atoms with Crippen molar-refractivity contribution in [3.8, 4) is 0 Å². The molecule has 1 saturated carbocycles. The minimum atomic E-state index is -0.478. The molecule has 1 aliphatic carbocycles. The summed E-state index contributed by atoms with van der Waals surface area (Å²) in [6, 6.07) is 1.78. The Morgan fingerprint density at radius 3 is 2.86 bits per heavy atom. The fourth-order valence-electron chi connectivity index (χ4n) is 5.03. The highest BCUT2D eigenvalue weighted by Crippen LogP contribution is 2.38. The minimum absolute atomic E-state index is 0.106. The van der Waals surface area contributed by atoms with E-state index in [4.69, 9.17) is 10.8 Å². The molecule has 2 aliphatic heterocycles. The van der Waals surface area contributed by atoms with Gasteiger partial charge in [0.25, 0.3) is 5.91 Å². The van der Waals surface area contributed by atoms with Crippen molar-refractivity contribution < 1.29 is 9.59 Å². The average molecular weight is 477 g/mol. The van der Waals surface area contributed by atoms with Crippen LogP contribution in [0.1, 0.15) is 74.5 Å². The van der Waals surface area contributed by atoms with E-state index >= 15 is 0 Å². The molecule has 0 aromatic carbocycles. The molecule has 4 N–H and O–H groups in total. The van der Waals surface area contributed by atoms with Crippen LogP contribution in [0.2, 0.25) is 0 Å². The second kappa shape index (κ2) is 10.1. The van der Waals surface area contributed by atoms with E-state index in [1.165, 1.54) is 0 Å². The summed E-state index contributed by atoms with van der Waals surface area (Å²) in [5.74, 6) is -0.374. The van der Waals surface area contributed by atoms with E-state index in [9.17, 15) is 9.59 Å². The van der Waals surface area contributed by atoms with Gasteiger partial charge in [0.05, 0.1) is 11.4 Å². The Balaban J connectivity index is 1.39. The third-order valence-electron chi connectivity index (χ3n) is 7.20. The Morgan fingerprint density at radius 1 is 1.29 bits per heavy atom. The van der Waals surface area contributed by atoms with Crippen LogP contribution in [0, 0.1) is 22.2 Å². The number of fused-ring (bicyclic) bond motifs is 1. The van der Waals surface area contributed by atoms with Gasteiger partial charge < -0.3 is 26.4 Å². The Bertz CT molecular complexity index is 1100. The van der Waals surface area contributed by atoms with Gasteiger partial charge in [-0.2, -0.15) is 0 Å². The van der Waals surface area contributed by atoms with E-state index in [1.54, 1.807) is 12.3 Å². The number of amides is 2. The van der Waals surface area contributed by atoms with E-state index < -0.39 is 6.17 Å². The molecule has 1 aromatic heterocycles. The first-order valence-electron chi connectivity index (χ1n) is 12.5. The van der Waals surface area contributed by atoms with Gasteiger partial charge in [0.2, 0.25) is 5.91 Å². The van der Waals surface area contributed by atoms with Crippen molar-refractivity contribution in [1.29, 1.82) is 10.8 Å². The summed E-state index contributed by atoms with van der Waals surface area (Å²) in [5, 5.41) is 23.3. The van der Waals surface area contributed by atoms with Crippen LogP contribution in [0.4, 0.5) is 0 Å². The number of hydrogen-bond acceptors (Lipinski definition) is 6. The molecule has 0 radical (unpaired) electrons. The molecule has 0 spiro atoms. The summed E-state index contributed by atoms with van der Waals surface area (Å²) in [7, 11) is 0. The third-order valence-corrected chi connectivity index (χ3v) is 7.20. The summed E-state index contributed by atoms with van der Waals surface area (Å²) in [5.41, 5.74) is 4.10. The highest BCUT2D eigenvalue weighted by Gasteiger charge is 2.35. The zero-order valence-corrected chi connectivity index (χ0v) is 20.9. The maximum absolute atomic E-state index is 13.0. The Morgan fingerprint density at radius 2 is 2.09 bits per heavy atom. The van der Waals surface area contributed by atoms with Gasteiger partial charge in [0.15, 0.2) is 0 Å². The molecule has 0 saturated heterocycles. The summed E-state index contributed by atoms with van der Waals surface area (Å²) in [6.45, 7) is 7.57. The molecule has 1 fully saturated rings. The SMILES string of the molecule is CCCC(=O)N1CCc2cnc(C(=O)NC3C=CC=C(C(=N)C4CC(C)(C)CCC4=N)N3)cc2C1. The van der Waals surface area contributed by atoms with Gasteiger partial charge in [0, 0.05) is 37.3 Å². The molecule has 8 nitrogen and oxygen atoms in total. The Kier molecular flexibility index (Phi) is 7.19. The van der Waals surface area contributed by atoms with Crippen molar-refractivity contribution >= 4 is 23.2 Å². The number of pyridine rings is 1. The zero-order valence-electron chi connectivity index (χ0n) is 20.9. The molecule has 4 rings (SSSR count). The van der Waals surface area contributed by atoms with Crippen molar-refractivity contribution in [3.05, 3.63) is 53.0 Å². The third kappa shape index (κ3) is 5.69. The topological polar surface area (TPSA) is 122 Å². The average Bonchev–Trinajstić information content (AvgIpc) is 2.84. The number of carbonyl (C=O) groups excluding carboxylic acids is 2. The van der Waals surface area contributed by atoms with Crippen LogP contribution < -0.4 is 10.6 Å². The van der Waals surface area contributed by atoms with Crippen LogP contribution in [0.3, 0.4) is 0 Å². The van der Waals surface area contributed by atoms with Crippen LogP contribution >= 0.6 is 0 Å². The van der Waals surface area contributed by atoms with Crippen LogP contribution in [0.25, 0.3) is 0 Å². The molecule has 186 valence electrons. The van der Waals surface area contributed by atoms with E-state index in [2.05, 4.69) is 29.5 Å². The fourth-order valence-corrected chi connectivity index (χ4v) is 5.03. The first-order chi connectivity index (χ1) is 16.7. The van der Waals surface area contributed by atoms with E-state index in [0.717, 1.165) is 43.2 Å². The van der Waals surface area contributed by atoms with Crippen LogP contribution in [-0.2, 0) is 17.8 Å². The molecule has 35 heavy (non-hydrogen) atoms. The van der Waals surface area contributed by atoms with Crippen molar-refractivity contribution in [2.45, 2.75) is 72.0 Å². The molecule has 8 heteroatoms. The first-order valence-corrected chi connectivity index (χ1v) is 12.5. The number of allylic oxidation sites excluding steroid dienone is 3. The molecule has 2 amide bonds. The predicted octanol–water partition coefficient (Wildman–Crippen LogP) is 3.73. The summed E-state index contributed by atoms with van der Waals surface area (Å²) in [6.07, 6.45) is 11.3. The van der Waals surface area contributed by atoms with E-state index in [0.29, 0.717) is 42.3 Å². The molecule has 3 heterocycles. The smallest absolute Gasteiger partial charge is 0.271 e. The summed E-state index contributed by atoms with van der Waals surface area (Å²) < 4.78 is 0. The quantitative estimate of drug-likeness (QED) is 0.467. The molecule has 0 bridgehead atoms. The lowest BCUT2D eigenvalue weighted by Crippen LogP contribution is -2.47. The summed E-state index contributed by atoms with van der Waals surface area (Å²) >= 11 is 0. The number of rotatable bonds is 6. The van der Waals surface area contributed by atoms with Gasteiger partial charge in [-0.15, -0.1) is 0 Å². The lowest BCUT2D eigenvalue weighted by molar-refractivity contribution is -0.132. The standard InChI is InChI=1S/C27H36N6O2/c1-4-6-24(34)33-12-10-17-15-30-22(13-18(17)16-33)26(35)32-23-8-5-7-21(31-23)25(29)19-14-27(2,3)11-9-20(19)28/h5,7-8,13,15,19,23,28-29,31H,4,6,9-12,14,16H2,1-3H3,(H,32,35). The predicted molar refractivity (Wildman–Crippen MR) is 136 cm³/mol. The van der Waals surface area contributed by atoms with Gasteiger partial charge >= 0.3 is 0 Å². The van der Waals surface area contributed by atoms with Crippen molar-refractivity contribution in [2.75, 3.05) is 6.54 Å². The zero-order chi connectivity index (χ0) is 25.2. The molecular weight excluding hydrogens is 440 g/mol. The lowest BCUT2D eigenvalue weighted by atomic mass is 9.69. The van der Waals surface area contributed by atoms with Gasteiger partial charge in [-0.3, -0.25) is 14.6 Å². The maximum Gasteiger partial charge on any atom is 0.271 e. The summed E-state index contributed by atoms with van der Waals surface area (Å²) in [4.78, 5) is 31.5. The highest BCUT2D eigenvalue weighted by molar-refractivity contribution is 6.13. The first kappa shape index (κ1) is 24.8. The van der Waals surface area contributed by atoms with Crippen LogP contribution in [0.5, 0.6) is 0 Å². The normalized spacial score (nSPS) is 23.1. The van der Waals surface area contributed by atoms with Crippen LogP contribution in [-0.4, -0.2) is 45.8 Å². The highest BCUT2D eigenvalue weighted by atomic mass is 16.2. The minimum Gasteiger partial charge on any atom is -0.361 e. The van der Waals surface area contributed by atoms with Gasteiger partial charge in [-0.25, -0.2) is 0 Å². The molecule has 3 aliphatic rings. The maximum atomic E-state index is 13.0. The number of aromatic nitrogens is 1. The largest absolute Gasteiger partial charge is 0.361 e. The van der Waals surface area contributed by atoms with Crippen molar-refractivity contribution in [2.24, 2.45) is 11.3 Å². The van der Waals surface area contributed by atoms with Crippen molar-refractivity contribution in [3.63, 3.8) is 0 Å². The number of nitrogens with one attached hydrogen (secondary N) is 4. The number of dihydropyridines is 1. The van der Waals surface area contributed by atoms with Gasteiger partial charge in [0.1, 0.15) is 11.9 Å². The molecule has 2 unspecified atom stereocenters. The fraction of sp³-hybridized carbons (Fsp3) is 0.519. The monoisotopic (exact) mass is 476 g/mol. The second-order valence-electron chi connectivity index (χ2n) is 10.6. The molecule has 1 aromatic rings. The number of carbonyl (C=O) groups is 2. The van der Waals surface area contributed by atoms with Gasteiger partial charge in [-0.05, 0) is 66.9 Å². The van der Waals surface area contributed by atoms with E-state index in [1.807, 2.05) is 30.1 Å². The molecule has 2 atom stereocenters.